The highest BCUT2D eigenvalue weighted by atomic mass is 35.5. The van der Waals surface area contributed by atoms with E-state index in [2.05, 4.69) is 16.2 Å². The van der Waals surface area contributed by atoms with Crippen LogP contribution in [0.3, 0.4) is 0 Å². The molecule has 4 N–H and O–H groups in total. The number of halogens is 1. The van der Waals surface area contributed by atoms with Crippen molar-refractivity contribution >= 4 is 41.3 Å². The van der Waals surface area contributed by atoms with Crippen molar-refractivity contribution in [2.24, 2.45) is 0 Å². The summed E-state index contributed by atoms with van der Waals surface area (Å²) in [5.74, 6) is 0.0296. The summed E-state index contributed by atoms with van der Waals surface area (Å²) in [6.07, 6.45) is -1.98. The minimum atomic E-state index is -1.58. The molecule has 29 heavy (non-hydrogen) atoms. The van der Waals surface area contributed by atoms with Crippen LogP contribution in [0.15, 0.2) is 24.3 Å². The van der Waals surface area contributed by atoms with E-state index in [1.807, 2.05) is 6.92 Å². The van der Waals surface area contributed by atoms with Gasteiger partial charge in [0.1, 0.15) is 5.60 Å². The van der Waals surface area contributed by atoms with Crippen molar-refractivity contribution in [3.05, 3.63) is 34.9 Å². The van der Waals surface area contributed by atoms with E-state index < -0.39 is 35.7 Å². The molecule has 2 atom stereocenters. The summed E-state index contributed by atoms with van der Waals surface area (Å²) in [5.41, 5.74) is 3.90. The number of alkyl carbamates (subject to hydrolysis) is 1. The standard InChI is InChI=1S/C19H28ClN3O5S/c1-5-29-10-9-14(21-18(27)28-19(2,3)4)15(24)17(26)23-22-16(25)12-7-6-8-13(20)11-12/h6-8,11,14-15,24H,5,9-10H2,1-4H3,(H,21,27)(H,22,25)(H,23,26)/t14-,15-/m1/s1. The van der Waals surface area contributed by atoms with E-state index in [0.29, 0.717) is 17.2 Å². The highest BCUT2D eigenvalue weighted by molar-refractivity contribution is 7.99. The molecule has 8 nitrogen and oxygen atoms in total. The zero-order chi connectivity index (χ0) is 22.0. The fraction of sp³-hybridized carbons (Fsp3) is 0.526. The van der Waals surface area contributed by atoms with Gasteiger partial charge in [0.25, 0.3) is 11.8 Å². The molecule has 0 bridgehead atoms. The quantitative estimate of drug-likeness (QED) is 0.361. The van der Waals surface area contributed by atoms with Gasteiger partial charge in [-0.05, 0) is 56.9 Å². The zero-order valence-electron chi connectivity index (χ0n) is 17.0. The number of amides is 3. The third-order valence-electron chi connectivity index (χ3n) is 3.52. The lowest BCUT2D eigenvalue weighted by Gasteiger charge is -2.26. The lowest BCUT2D eigenvalue weighted by Crippen LogP contribution is -2.55. The maximum Gasteiger partial charge on any atom is 0.407 e. The van der Waals surface area contributed by atoms with Crippen molar-refractivity contribution in [1.82, 2.24) is 16.2 Å². The summed E-state index contributed by atoms with van der Waals surface area (Å²) in [5, 5.41) is 13.3. The molecule has 3 amide bonds. The number of rotatable bonds is 8. The lowest BCUT2D eigenvalue weighted by atomic mass is 10.1. The molecule has 0 fully saturated rings. The first-order valence-corrected chi connectivity index (χ1v) is 10.7. The number of hydrogen-bond acceptors (Lipinski definition) is 6. The van der Waals surface area contributed by atoms with E-state index in [9.17, 15) is 19.5 Å². The van der Waals surface area contributed by atoms with Gasteiger partial charge in [-0.3, -0.25) is 20.4 Å². The van der Waals surface area contributed by atoms with Crippen molar-refractivity contribution < 1.29 is 24.2 Å². The summed E-state index contributed by atoms with van der Waals surface area (Å²) >= 11 is 7.44. The third kappa shape index (κ3) is 9.87. The molecule has 0 aliphatic carbocycles. The fourth-order valence-corrected chi connectivity index (χ4v) is 3.10. The van der Waals surface area contributed by atoms with Crippen molar-refractivity contribution in [3.8, 4) is 0 Å². The number of aliphatic hydroxyl groups excluding tert-OH is 1. The fourth-order valence-electron chi connectivity index (χ4n) is 2.20. The molecule has 0 aliphatic rings. The molecule has 0 radical (unpaired) electrons. The van der Waals surface area contributed by atoms with Crippen molar-refractivity contribution in [1.29, 1.82) is 0 Å². The molecule has 0 aromatic heterocycles. The van der Waals surface area contributed by atoms with E-state index in [1.54, 1.807) is 44.7 Å². The van der Waals surface area contributed by atoms with Gasteiger partial charge in [-0.1, -0.05) is 24.6 Å². The van der Waals surface area contributed by atoms with Crippen LogP contribution in [-0.4, -0.2) is 52.3 Å². The first-order valence-electron chi connectivity index (χ1n) is 9.14. The van der Waals surface area contributed by atoms with Crippen LogP contribution in [-0.2, 0) is 9.53 Å². The second-order valence-electron chi connectivity index (χ2n) is 7.14. The summed E-state index contributed by atoms with van der Waals surface area (Å²) in [7, 11) is 0. The van der Waals surface area contributed by atoms with Gasteiger partial charge in [-0.25, -0.2) is 4.79 Å². The molecular weight excluding hydrogens is 418 g/mol. The van der Waals surface area contributed by atoms with Crippen molar-refractivity contribution in [2.45, 2.75) is 51.9 Å². The van der Waals surface area contributed by atoms with Crippen LogP contribution in [0, 0.1) is 0 Å². The first kappa shape index (κ1) is 25.1. The normalized spacial score (nSPS) is 13.2. The minimum absolute atomic E-state index is 0.245. The Bertz CT molecular complexity index is 711. The van der Waals surface area contributed by atoms with Crippen LogP contribution in [0.5, 0.6) is 0 Å². The molecule has 0 saturated heterocycles. The Kier molecular flexibility index (Phi) is 10.3. The van der Waals surface area contributed by atoms with Crippen molar-refractivity contribution in [2.75, 3.05) is 11.5 Å². The summed E-state index contributed by atoms with van der Waals surface area (Å²) in [6, 6.07) is 5.29. The van der Waals surface area contributed by atoms with Gasteiger partial charge in [0.05, 0.1) is 6.04 Å². The molecule has 0 heterocycles. The third-order valence-corrected chi connectivity index (χ3v) is 4.68. The highest BCUT2D eigenvalue weighted by Crippen LogP contribution is 2.12. The van der Waals surface area contributed by atoms with Gasteiger partial charge in [0.2, 0.25) is 0 Å². The average molecular weight is 446 g/mol. The second-order valence-corrected chi connectivity index (χ2v) is 8.97. The van der Waals surface area contributed by atoms with E-state index in [-0.39, 0.29) is 5.56 Å². The number of carbonyl (C=O) groups is 3. The molecule has 162 valence electrons. The van der Waals surface area contributed by atoms with E-state index in [0.717, 1.165) is 5.75 Å². The van der Waals surface area contributed by atoms with Gasteiger partial charge in [0, 0.05) is 10.6 Å². The Labute approximate surface area is 180 Å². The number of thioether (sulfide) groups is 1. The molecular formula is C19H28ClN3O5S. The molecule has 0 unspecified atom stereocenters. The first-order chi connectivity index (χ1) is 13.5. The van der Waals surface area contributed by atoms with Gasteiger partial charge in [-0.2, -0.15) is 11.8 Å². The average Bonchev–Trinajstić information content (AvgIpc) is 2.63. The smallest absolute Gasteiger partial charge is 0.407 e. The molecule has 0 saturated carbocycles. The van der Waals surface area contributed by atoms with E-state index in [4.69, 9.17) is 16.3 Å². The minimum Gasteiger partial charge on any atom is -0.444 e. The zero-order valence-corrected chi connectivity index (χ0v) is 18.5. The second kappa shape index (κ2) is 11.9. The maximum absolute atomic E-state index is 12.3. The predicted octanol–water partition coefficient (Wildman–Crippen LogP) is 2.50. The number of hydrazine groups is 1. The maximum atomic E-state index is 12.3. The molecule has 1 rings (SSSR count). The summed E-state index contributed by atoms with van der Waals surface area (Å²) in [4.78, 5) is 36.4. The van der Waals surface area contributed by atoms with Gasteiger partial charge in [-0.15, -0.1) is 0 Å². The largest absolute Gasteiger partial charge is 0.444 e. The van der Waals surface area contributed by atoms with E-state index in [1.165, 1.54) is 12.1 Å². The number of ether oxygens (including phenoxy) is 1. The summed E-state index contributed by atoms with van der Waals surface area (Å²) < 4.78 is 5.19. The van der Waals surface area contributed by atoms with Crippen molar-refractivity contribution in [3.63, 3.8) is 0 Å². The van der Waals surface area contributed by atoms with Crippen LogP contribution < -0.4 is 16.2 Å². The Morgan fingerprint density at radius 1 is 1.24 bits per heavy atom. The highest BCUT2D eigenvalue weighted by Gasteiger charge is 2.29. The number of benzene rings is 1. The van der Waals surface area contributed by atoms with Gasteiger partial charge >= 0.3 is 6.09 Å². The van der Waals surface area contributed by atoms with Crippen LogP contribution in [0.25, 0.3) is 0 Å². The molecule has 1 aromatic rings. The molecule has 0 aliphatic heterocycles. The van der Waals surface area contributed by atoms with Crippen LogP contribution >= 0.6 is 23.4 Å². The number of hydrogen-bond donors (Lipinski definition) is 4. The monoisotopic (exact) mass is 445 g/mol. The SMILES string of the molecule is CCSCC[C@@H](NC(=O)OC(C)(C)C)[C@@H](O)C(=O)NNC(=O)c1cccc(Cl)c1. The Morgan fingerprint density at radius 2 is 1.93 bits per heavy atom. The predicted molar refractivity (Wildman–Crippen MR) is 114 cm³/mol. The molecule has 0 spiro atoms. The van der Waals surface area contributed by atoms with Crippen LogP contribution in [0.1, 0.15) is 44.5 Å². The number of aliphatic hydroxyl groups is 1. The molecule has 1 aromatic carbocycles. The Hall–Kier alpha value is -1.97. The number of carbonyl (C=O) groups excluding carboxylic acids is 3. The summed E-state index contributed by atoms with van der Waals surface area (Å²) in [6.45, 7) is 7.12. The van der Waals surface area contributed by atoms with Gasteiger partial charge in [0.15, 0.2) is 6.10 Å². The van der Waals surface area contributed by atoms with Crippen LogP contribution in [0.2, 0.25) is 5.02 Å². The van der Waals surface area contributed by atoms with Gasteiger partial charge < -0.3 is 15.2 Å². The van der Waals surface area contributed by atoms with E-state index >= 15 is 0 Å². The molecule has 10 heteroatoms. The Morgan fingerprint density at radius 3 is 2.52 bits per heavy atom. The topological polar surface area (TPSA) is 117 Å². The van der Waals surface area contributed by atoms with Crippen LogP contribution in [0.4, 0.5) is 4.79 Å². The Balaban J connectivity index is 2.69. The number of nitrogens with one attached hydrogen (secondary N) is 3. The lowest BCUT2D eigenvalue weighted by molar-refractivity contribution is -0.131.